The summed E-state index contributed by atoms with van der Waals surface area (Å²) in [6, 6.07) is 2.02. The van der Waals surface area contributed by atoms with Gasteiger partial charge >= 0.3 is 0 Å². The fraction of sp³-hybridized carbons (Fsp3) is 0.533. The lowest BCUT2D eigenvalue weighted by Crippen LogP contribution is -2.36. The van der Waals surface area contributed by atoms with Crippen molar-refractivity contribution in [3.05, 3.63) is 45.4 Å². The summed E-state index contributed by atoms with van der Waals surface area (Å²) >= 11 is 0. The van der Waals surface area contributed by atoms with Crippen LogP contribution in [0.5, 0.6) is 0 Å². The molecule has 0 fully saturated rings. The normalized spacial score (nSPS) is 15.1. The molecule has 112 valence electrons. The molecule has 0 aromatic carbocycles. The molecule has 3 heterocycles. The van der Waals surface area contributed by atoms with E-state index in [0.717, 1.165) is 55.1 Å². The molecule has 0 radical (unpaired) electrons. The molecule has 1 aliphatic heterocycles. The minimum absolute atomic E-state index is 0.0261. The Morgan fingerprint density at radius 2 is 2.29 bits per heavy atom. The summed E-state index contributed by atoms with van der Waals surface area (Å²) in [7, 11) is 1.94. The number of nitrogens with one attached hydrogen (secondary N) is 1. The summed E-state index contributed by atoms with van der Waals surface area (Å²) in [6.07, 6.45) is 4.47. The van der Waals surface area contributed by atoms with Crippen molar-refractivity contribution in [2.45, 2.75) is 39.3 Å². The lowest BCUT2D eigenvalue weighted by Gasteiger charge is -2.27. The maximum absolute atomic E-state index is 12.2. The molecule has 0 bridgehead atoms. The number of aromatic nitrogens is 4. The van der Waals surface area contributed by atoms with Crippen LogP contribution >= 0.6 is 0 Å². The number of aromatic amines is 1. The average Bonchev–Trinajstić information content (AvgIpc) is 2.85. The van der Waals surface area contributed by atoms with Crippen molar-refractivity contribution in [2.24, 2.45) is 7.05 Å². The van der Waals surface area contributed by atoms with Gasteiger partial charge in [-0.15, -0.1) is 0 Å². The highest BCUT2D eigenvalue weighted by Crippen LogP contribution is 2.16. The third kappa shape index (κ3) is 2.90. The molecule has 0 saturated carbocycles. The van der Waals surface area contributed by atoms with Crippen LogP contribution in [0.15, 0.2) is 17.1 Å². The van der Waals surface area contributed by atoms with E-state index >= 15 is 0 Å². The van der Waals surface area contributed by atoms with Crippen molar-refractivity contribution in [2.75, 3.05) is 6.54 Å². The third-order valence-corrected chi connectivity index (χ3v) is 3.99. The van der Waals surface area contributed by atoms with Gasteiger partial charge in [0.1, 0.15) is 5.82 Å². The zero-order chi connectivity index (χ0) is 14.8. The minimum Gasteiger partial charge on any atom is -0.310 e. The number of rotatable bonds is 4. The Balaban J connectivity index is 1.79. The highest BCUT2D eigenvalue weighted by Gasteiger charge is 2.21. The molecule has 0 atom stereocenters. The van der Waals surface area contributed by atoms with Gasteiger partial charge in [0, 0.05) is 45.7 Å². The van der Waals surface area contributed by atoms with Gasteiger partial charge in [-0.3, -0.25) is 14.4 Å². The average molecular weight is 287 g/mol. The van der Waals surface area contributed by atoms with E-state index in [1.54, 1.807) is 6.20 Å². The van der Waals surface area contributed by atoms with Crippen molar-refractivity contribution in [1.82, 2.24) is 24.6 Å². The van der Waals surface area contributed by atoms with Gasteiger partial charge in [-0.1, -0.05) is 6.92 Å². The molecule has 1 aliphatic rings. The molecule has 0 unspecified atom stereocenters. The molecular formula is C15H21N5O. The molecule has 3 rings (SSSR count). The monoisotopic (exact) mass is 287 g/mol. The van der Waals surface area contributed by atoms with Gasteiger partial charge in [-0.05, 0) is 12.5 Å². The highest BCUT2D eigenvalue weighted by molar-refractivity contribution is 5.21. The van der Waals surface area contributed by atoms with E-state index < -0.39 is 0 Å². The first-order valence-electron chi connectivity index (χ1n) is 7.47. The molecular weight excluding hydrogens is 266 g/mol. The number of nitrogens with zero attached hydrogens (tertiary/aromatic N) is 4. The highest BCUT2D eigenvalue weighted by atomic mass is 16.1. The zero-order valence-corrected chi connectivity index (χ0v) is 12.6. The lowest BCUT2D eigenvalue weighted by molar-refractivity contribution is 0.235. The quantitative estimate of drug-likeness (QED) is 0.911. The predicted octanol–water partition coefficient (Wildman–Crippen LogP) is 1.01. The number of hydrogen-bond donors (Lipinski definition) is 1. The van der Waals surface area contributed by atoms with Gasteiger partial charge in [-0.25, -0.2) is 4.98 Å². The van der Waals surface area contributed by atoms with E-state index in [1.807, 2.05) is 17.8 Å². The Bertz CT molecular complexity index is 688. The van der Waals surface area contributed by atoms with E-state index in [4.69, 9.17) is 0 Å². The van der Waals surface area contributed by atoms with Gasteiger partial charge < -0.3 is 4.98 Å². The van der Waals surface area contributed by atoms with E-state index in [0.29, 0.717) is 6.54 Å². The Labute approximate surface area is 123 Å². The molecule has 2 aromatic rings. The van der Waals surface area contributed by atoms with Crippen LogP contribution in [0.3, 0.4) is 0 Å². The summed E-state index contributed by atoms with van der Waals surface area (Å²) in [5.74, 6) is 0.821. The van der Waals surface area contributed by atoms with Crippen molar-refractivity contribution in [3.63, 3.8) is 0 Å². The summed E-state index contributed by atoms with van der Waals surface area (Å²) in [4.78, 5) is 22.0. The summed E-state index contributed by atoms with van der Waals surface area (Å²) < 4.78 is 1.88. The SMILES string of the molecule is CCCc1nc2c(c(=O)[nH]1)CN(Cc1ccnn1C)CC2. The Morgan fingerprint density at radius 3 is 3.00 bits per heavy atom. The van der Waals surface area contributed by atoms with Gasteiger partial charge in [-0.2, -0.15) is 5.10 Å². The van der Waals surface area contributed by atoms with Crippen molar-refractivity contribution in [3.8, 4) is 0 Å². The molecule has 6 nitrogen and oxygen atoms in total. The van der Waals surface area contributed by atoms with Crippen LogP contribution in [0.25, 0.3) is 0 Å². The molecule has 1 N–H and O–H groups in total. The third-order valence-electron chi connectivity index (χ3n) is 3.99. The fourth-order valence-corrected chi connectivity index (χ4v) is 2.81. The Kier molecular flexibility index (Phi) is 3.88. The van der Waals surface area contributed by atoms with Crippen LogP contribution in [0.4, 0.5) is 0 Å². The number of hydrogen-bond acceptors (Lipinski definition) is 4. The first-order valence-corrected chi connectivity index (χ1v) is 7.47. The van der Waals surface area contributed by atoms with Gasteiger partial charge in [0.2, 0.25) is 0 Å². The van der Waals surface area contributed by atoms with E-state index in [2.05, 4.69) is 26.9 Å². The molecule has 21 heavy (non-hydrogen) atoms. The lowest BCUT2D eigenvalue weighted by atomic mass is 10.1. The fourth-order valence-electron chi connectivity index (χ4n) is 2.81. The zero-order valence-electron chi connectivity index (χ0n) is 12.6. The number of H-pyrrole nitrogens is 1. The van der Waals surface area contributed by atoms with Crippen LogP contribution in [0, 0.1) is 0 Å². The van der Waals surface area contributed by atoms with E-state index in [-0.39, 0.29) is 5.56 Å². The van der Waals surface area contributed by atoms with Crippen LogP contribution < -0.4 is 5.56 Å². The standard InChI is InChI=1S/C15H21N5O/c1-3-4-14-17-13-6-8-20(10-12(13)15(21)18-14)9-11-5-7-16-19(11)2/h5,7H,3-4,6,8-10H2,1-2H3,(H,17,18,21). The molecule has 2 aromatic heterocycles. The summed E-state index contributed by atoms with van der Waals surface area (Å²) in [5.41, 5.74) is 2.98. The Hall–Kier alpha value is -1.95. The molecule has 0 aliphatic carbocycles. The van der Waals surface area contributed by atoms with Crippen LogP contribution in [0.1, 0.15) is 36.1 Å². The van der Waals surface area contributed by atoms with Crippen LogP contribution in [-0.4, -0.2) is 31.2 Å². The summed E-state index contributed by atoms with van der Waals surface area (Å²) in [6.45, 7) is 4.50. The first-order chi connectivity index (χ1) is 10.2. The van der Waals surface area contributed by atoms with Crippen LogP contribution in [-0.2, 0) is 33.0 Å². The maximum atomic E-state index is 12.2. The Morgan fingerprint density at radius 1 is 1.43 bits per heavy atom. The topological polar surface area (TPSA) is 66.8 Å². The second-order valence-electron chi connectivity index (χ2n) is 5.59. The van der Waals surface area contributed by atoms with Gasteiger partial charge in [0.25, 0.3) is 5.56 Å². The maximum Gasteiger partial charge on any atom is 0.255 e. The first kappa shape index (κ1) is 14.0. The van der Waals surface area contributed by atoms with Crippen molar-refractivity contribution >= 4 is 0 Å². The van der Waals surface area contributed by atoms with Crippen molar-refractivity contribution in [1.29, 1.82) is 0 Å². The van der Waals surface area contributed by atoms with Crippen LogP contribution in [0.2, 0.25) is 0 Å². The summed E-state index contributed by atoms with van der Waals surface area (Å²) in [5, 5.41) is 4.19. The second-order valence-corrected chi connectivity index (χ2v) is 5.59. The minimum atomic E-state index is 0.0261. The van der Waals surface area contributed by atoms with E-state index in [9.17, 15) is 4.79 Å². The molecule has 6 heteroatoms. The van der Waals surface area contributed by atoms with Crippen molar-refractivity contribution < 1.29 is 0 Å². The predicted molar refractivity (Wildman–Crippen MR) is 79.9 cm³/mol. The molecule has 0 saturated heterocycles. The second kappa shape index (κ2) is 5.81. The largest absolute Gasteiger partial charge is 0.310 e. The smallest absolute Gasteiger partial charge is 0.255 e. The van der Waals surface area contributed by atoms with Gasteiger partial charge in [0.05, 0.1) is 17.0 Å². The van der Waals surface area contributed by atoms with E-state index in [1.165, 1.54) is 0 Å². The molecule has 0 amide bonds. The number of aryl methyl sites for hydroxylation is 2. The number of fused-ring (bicyclic) bond motifs is 1. The van der Waals surface area contributed by atoms with Gasteiger partial charge in [0.15, 0.2) is 0 Å². The molecule has 0 spiro atoms.